The van der Waals surface area contributed by atoms with Gasteiger partial charge in [0.05, 0.1) is 0 Å². The van der Waals surface area contributed by atoms with Crippen LogP contribution in [0.2, 0.25) is 0 Å². The number of hydrogen-bond acceptors (Lipinski definition) is 0. The van der Waals surface area contributed by atoms with Gasteiger partial charge in [-0.05, 0) is 13.0 Å². The smallest absolute Gasteiger partial charge is 0.247 e. The van der Waals surface area contributed by atoms with Crippen molar-refractivity contribution in [3.8, 4) is 0 Å². The SMILES string of the molecule is CC(=CCF)C(F)(F)F. The minimum Gasteiger partial charge on any atom is -0.247 e. The molecular weight excluding hydrogens is 136 g/mol. The average Bonchev–Trinajstić information content (AvgIpc) is 1.64. The Morgan fingerprint density at radius 1 is 1.44 bits per heavy atom. The standard InChI is InChI=1S/C5H6F4/c1-4(2-3-6)5(7,8)9/h2H,3H2,1H3. The Bertz CT molecular complexity index is 111. The third kappa shape index (κ3) is 3.11. The van der Waals surface area contributed by atoms with Crippen molar-refractivity contribution in [3.05, 3.63) is 11.6 Å². The number of halogens is 4. The molecule has 4 heteroatoms. The zero-order valence-electron chi connectivity index (χ0n) is 4.80. The lowest BCUT2D eigenvalue weighted by atomic mass is 10.3. The van der Waals surface area contributed by atoms with Crippen LogP contribution in [0.25, 0.3) is 0 Å². The molecule has 9 heavy (non-hydrogen) atoms. The van der Waals surface area contributed by atoms with E-state index in [1.54, 1.807) is 0 Å². The Balaban J connectivity index is 4.03. The summed E-state index contributed by atoms with van der Waals surface area (Å²) in [5.41, 5.74) is -0.884. The van der Waals surface area contributed by atoms with Crippen LogP contribution in [-0.4, -0.2) is 12.9 Å². The van der Waals surface area contributed by atoms with Gasteiger partial charge in [-0.2, -0.15) is 13.2 Å². The first-order valence-corrected chi connectivity index (χ1v) is 2.28. The molecule has 0 saturated carbocycles. The molecule has 0 unspecified atom stereocenters. The summed E-state index contributed by atoms with van der Waals surface area (Å²) in [7, 11) is 0. The molecule has 0 heterocycles. The van der Waals surface area contributed by atoms with Crippen LogP contribution in [-0.2, 0) is 0 Å². The van der Waals surface area contributed by atoms with E-state index in [-0.39, 0.29) is 0 Å². The summed E-state index contributed by atoms with van der Waals surface area (Å²) in [6, 6.07) is 0. The maximum atomic E-state index is 11.4. The van der Waals surface area contributed by atoms with Crippen LogP contribution in [0.5, 0.6) is 0 Å². The van der Waals surface area contributed by atoms with E-state index in [0.717, 1.165) is 6.92 Å². The van der Waals surface area contributed by atoms with Gasteiger partial charge in [0, 0.05) is 5.57 Å². The van der Waals surface area contributed by atoms with Crippen molar-refractivity contribution >= 4 is 0 Å². The lowest BCUT2D eigenvalue weighted by Crippen LogP contribution is -2.08. The van der Waals surface area contributed by atoms with E-state index in [1.165, 1.54) is 0 Å². The largest absolute Gasteiger partial charge is 0.412 e. The van der Waals surface area contributed by atoms with Crippen LogP contribution in [0, 0.1) is 0 Å². The summed E-state index contributed by atoms with van der Waals surface area (Å²) in [6.07, 6.45) is -3.87. The molecule has 0 fully saturated rings. The molecule has 0 saturated heterocycles. The average molecular weight is 142 g/mol. The minimum absolute atomic E-state index is 0.500. The van der Waals surface area contributed by atoms with Crippen molar-refractivity contribution < 1.29 is 17.6 Å². The normalized spacial score (nSPS) is 14.1. The van der Waals surface area contributed by atoms with Crippen molar-refractivity contribution in [2.24, 2.45) is 0 Å². The summed E-state index contributed by atoms with van der Waals surface area (Å²) in [5.74, 6) is 0. The van der Waals surface area contributed by atoms with Gasteiger partial charge in [-0.1, -0.05) is 0 Å². The van der Waals surface area contributed by atoms with Crippen molar-refractivity contribution in [1.29, 1.82) is 0 Å². The summed E-state index contributed by atoms with van der Waals surface area (Å²) in [5, 5.41) is 0. The number of allylic oxidation sites excluding steroid dienone is 2. The van der Waals surface area contributed by atoms with Gasteiger partial charge in [-0.15, -0.1) is 0 Å². The molecule has 54 valence electrons. The first-order valence-electron chi connectivity index (χ1n) is 2.28. The lowest BCUT2D eigenvalue weighted by Gasteiger charge is -2.03. The first kappa shape index (κ1) is 8.46. The molecule has 0 aliphatic rings. The third-order valence-corrected chi connectivity index (χ3v) is 0.830. The van der Waals surface area contributed by atoms with Crippen LogP contribution in [0.4, 0.5) is 17.6 Å². The number of alkyl halides is 4. The van der Waals surface area contributed by atoms with Crippen LogP contribution < -0.4 is 0 Å². The molecule has 0 amide bonds. The predicted molar refractivity (Wildman–Crippen MR) is 25.8 cm³/mol. The molecule has 0 N–H and O–H groups in total. The summed E-state index contributed by atoms with van der Waals surface area (Å²) in [4.78, 5) is 0. The summed E-state index contributed by atoms with van der Waals surface area (Å²) in [6.45, 7) is -0.231. The van der Waals surface area contributed by atoms with E-state index < -0.39 is 18.4 Å². The highest BCUT2D eigenvalue weighted by Gasteiger charge is 2.29. The molecular formula is C5H6F4. The maximum Gasteiger partial charge on any atom is 0.412 e. The topological polar surface area (TPSA) is 0 Å². The highest BCUT2D eigenvalue weighted by Crippen LogP contribution is 2.24. The molecule has 0 atom stereocenters. The molecule has 0 aliphatic heterocycles. The maximum absolute atomic E-state index is 11.4. The van der Waals surface area contributed by atoms with E-state index >= 15 is 0 Å². The van der Waals surface area contributed by atoms with Crippen LogP contribution in [0.15, 0.2) is 11.6 Å². The van der Waals surface area contributed by atoms with Gasteiger partial charge in [0.2, 0.25) is 0 Å². The fourth-order valence-corrected chi connectivity index (χ4v) is 0.231. The lowest BCUT2D eigenvalue weighted by molar-refractivity contribution is -0.0916. The molecule has 0 aromatic heterocycles. The molecule has 0 nitrogen and oxygen atoms in total. The summed E-state index contributed by atoms with van der Waals surface area (Å²) >= 11 is 0. The van der Waals surface area contributed by atoms with Gasteiger partial charge in [0.15, 0.2) is 0 Å². The zero-order valence-corrected chi connectivity index (χ0v) is 4.80. The Kier molecular flexibility index (Phi) is 2.67. The van der Waals surface area contributed by atoms with E-state index in [2.05, 4.69) is 0 Å². The van der Waals surface area contributed by atoms with Crippen molar-refractivity contribution in [1.82, 2.24) is 0 Å². The second-order valence-electron chi connectivity index (χ2n) is 1.54. The quantitative estimate of drug-likeness (QED) is 0.389. The molecule has 0 radical (unpaired) electrons. The van der Waals surface area contributed by atoms with E-state index in [1.807, 2.05) is 0 Å². The van der Waals surface area contributed by atoms with Crippen LogP contribution >= 0.6 is 0 Å². The monoisotopic (exact) mass is 142 g/mol. The van der Waals surface area contributed by atoms with Gasteiger partial charge in [0.1, 0.15) is 6.67 Å². The van der Waals surface area contributed by atoms with Crippen LogP contribution in [0.1, 0.15) is 6.92 Å². The van der Waals surface area contributed by atoms with E-state index in [9.17, 15) is 17.6 Å². The highest BCUT2D eigenvalue weighted by molar-refractivity contribution is 5.04. The fraction of sp³-hybridized carbons (Fsp3) is 0.600. The van der Waals surface area contributed by atoms with Crippen molar-refractivity contribution in [3.63, 3.8) is 0 Å². The molecule has 0 aliphatic carbocycles. The molecule has 0 spiro atoms. The van der Waals surface area contributed by atoms with Crippen LogP contribution in [0.3, 0.4) is 0 Å². The fourth-order valence-electron chi connectivity index (χ4n) is 0.231. The Labute approximate surface area is 50.2 Å². The van der Waals surface area contributed by atoms with Gasteiger partial charge >= 0.3 is 6.18 Å². The molecule has 0 rings (SSSR count). The van der Waals surface area contributed by atoms with E-state index in [0.29, 0.717) is 6.08 Å². The third-order valence-electron chi connectivity index (χ3n) is 0.830. The van der Waals surface area contributed by atoms with Gasteiger partial charge in [-0.3, -0.25) is 0 Å². The highest BCUT2D eigenvalue weighted by atomic mass is 19.4. The molecule has 0 aromatic rings. The van der Waals surface area contributed by atoms with Gasteiger partial charge < -0.3 is 0 Å². The zero-order chi connectivity index (χ0) is 7.49. The second-order valence-corrected chi connectivity index (χ2v) is 1.54. The minimum atomic E-state index is -4.37. The molecule has 0 bridgehead atoms. The van der Waals surface area contributed by atoms with Gasteiger partial charge in [-0.25, -0.2) is 4.39 Å². The van der Waals surface area contributed by atoms with Crippen molar-refractivity contribution in [2.45, 2.75) is 13.1 Å². The van der Waals surface area contributed by atoms with E-state index in [4.69, 9.17) is 0 Å². The van der Waals surface area contributed by atoms with Gasteiger partial charge in [0.25, 0.3) is 0 Å². The first-order chi connectivity index (χ1) is 3.98. The number of rotatable bonds is 1. The second kappa shape index (κ2) is 2.85. The molecule has 0 aromatic carbocycles. The Morgan fingerprint density at radius 3 is 2.00 bits per heavy atom. The number of hydrogen-bond donors (Lipinski definition) is 0. The Morgan fingerprint density at radius 2 is 1.89 bits per heavy atom. The van der Waals surface area contributed by atoms with Crippen molar-refractivity contribution in [2.75, 3.05) is 6.67 Å². The summed E-state index contributed by atoms with van der Waals surface area (Å²) < 4.78 is 45.4. The Hall–Kier alpha value is -0.540. The predicted octanol–water partition coefficient (Wildman–Crippen LogP) is 2.46.